The van der Waals surface area contributed by atoms with Crippen molar-refractivity contribution in [2.24, 2.45) is 0 Å². The van der Waals surface area contributed by atoms with Crippen molar-refractivity contribution < 1.29 is 32.2 Å². The number of furan rings is 1. The molecule has 5 aromatic rings. The fourth-order valence-electron chi connectivity index (χ4n) is 9.61. The Hall–Kier alpha value is -4.57. The van der Waals surface area contributed by atoms with Crippen molar-refractivity contribution in [3.8, 4) is 35.2 Å². The summed E-state index contributed by atoms with van der Waals surface area (Å²) < 4.78 is 65.6. The fourth-order valence-corrected chi connectivity index (χ4v) is 9.61. The minimum Gasteiger partial charge on any atom is -0.508 e. The molecule has 4 atom stereocenters. The van der Waals surface area contributed by atoms with E-state index in [0.29, 0.717) is 60.4 Å². The number of rotatable bonds is 8. The van der Waals surface area contributed by atoms with Gasteiger partial charge in [-0.05, 0) is 68.8 Å². The Balaban J connectivity index is 1.26. The van der Waals surface area contributed by atoms with Gasteiger partial charge >= 0.3 is 6.01 Å². The van der Waals surface area contributed by atoms with E-state index in [2.05, 4.69) is 20.6 Å². The second-order valence-corrected chi connectivity index (χ2v) is 14.9. The number of methoxy groups -OCH3 is 1. The van der Waals surface area contributed by atoms with E-state index >= 15 is 8.78 Å². The number of piperazine rings is 1. The van der Waals surface area contributed by atoms with Gasteiger partial charge in [-0.25, -0.2) is 13.2 Å². The summed E-state index contributed by atoms with van der Waals surface area (Å²) in [6.07, 6.45) is 9.04. The van der Waals surface area contributed by atoms with Gasteiger partial charge in [0.2, 0.25) is 0 Å². The maximum Gasteiger partial charge on any atom is 0.319 e. The minimum absolute atomic E-state index is 0.000680. The molecular formula is C40H40F3N5O4. The number of phenols is 1. The van der Waals surface area contributed by atoms with Crippen LogP contribution in [0.5, 0.6) is 11.8 Å². The topological polar surface area (TPSA) is 87.3 Å². The molecule has 3 aromatic carbocycles. The Labute approximate surface area is 299 Å². The van der Waals surface area contributed by atoms with E-state index in [1.54, 1.807) is 14.0 Å². The van der Waals surface area contributed by atoms with E-state index < -0.39 is 23.3 Å². The molecular weight excluding hydrogens is 671 g/mol. The summed E-state index contributed by atoms with van der Waals surface area (Å²) in [5.74, 6) is 1.96. The molecule has 2 bridgehead atoms. The third-order valence-corrected chi connectivity index (χ3v) is 11.8. The molecule has 0 saturated carbocycles. The summed E-state index contributed by atoms with van der Waals surface area (Å²) in [4.78, 5) is 16.6. The first kappa shape index (κ1) is 33.3. The molecule has 9 rings (SSSR count). The zero-order chi connectivity index (χ0) is 35.9. The van der Waals surface area contributed by atoms with Gasteiger partial charge in [0.25, 0.3) is 0 Å². The van der Waals surface area contributed by atoms with E-state index in [0.717, 1.165) is 38.8 Å². The Morgan fingerprint density at radius 2 is 1.90 bits per heavy atom. The van der Waals surface area contributed by atoms with Crippen LogP contribution in [0.1, 0.15) is 43.4 Å². The monoisotopic (exact) mass is 711 g/mol. The van der Waals surface area contributed by atoms with Crippen molar-refractivity contribution in [3.05, 3.63) is 53.3 Å². The molecule has 0 aliphatic carbocycles. The molecule has 3 unspecified atom stereocenters. The lowest BCUT2D eigenvalue weighted by Crippen LogP contribution is -2.54. The average molecular weight is 712 g/mol. The number of aromatic hydroxyl groups is 1. The third-order valence-electron chi connectivity index (χ3n) is 11.8. The van der Waals surface area contributed by atoms with Crippen molar-refractivity contribution in [2.45, 2.75) is 62.8 Å². The van der Waals surface area contributed by atoms with E-state index in [4.69, 9.17) is 30.3 Å². The zero-order valence-electron chi connectivity index (χ0n) is 29.2. The van der Waals surface area contributed by atoms with Gasteiger partial charge in [0, 0.05) is 68.1 Å². The Morgan fingerprint density at radius 3 is 2.67 bits per heavy atom. The number of nitrogens with zero attached hydrogens (tertiary/aromatic N) is 5. The van der Waals surface area contributed by atoms with Gasteiger partial charge in [-0.1, -0.05) is 12.0 Å². The lowest BCUT2D eigenvalue weighted by molar-refractivity contribution is 0.105. The molecule has 0 radical (unpaired) electrons. The number of alkyl halides is 1. The number of halogens is 3. The normalized spacial score (nSPS) is 24.8. The van der Waals surface area contributed by atoms with Crippen molar-refractivity contribution in [2.75, 3.05) is 57.9 Å². The second-order valence-electron chi connectivity index (χ2n) is 14.9. The van der Waals surface area contributed by atoms with E-state index in [-0.39, 0.29) is 63.6 Å². The molecule has 12 heteroatoms. The van der Waals surface area contributed by atoms with Crippen molar-refractivity contribution >= 4 is 38.5 Å². The molecule has 9 nitrogen and oxygen atoms in total. The van der Waals surface area contributed by atoms with Gasteiger partial charge in [0.05, 0.1) is 28.7 Å². The molecule has 6 heterocycles. The van der Waals surface area contributed by atoms with Crippen LogP contribution in [0.3, 0.4) is 0 Å². The number of terminal acetylenes is 1. The second kappa shape index (κ2) is 12.5. The van der Waals surface area contributed by atoms with Crippen molar-refractivity contribution in [3.63, 3.8) is 0 Å². The predicted octanol–water partition coefficient (Wildman–Crippen LogP) is 6.72. The highest BCUT2D eigenvalue weighted by molar-refractivity contribution is 6.18. The van der Waals surface area contributed by atoms with Crippen LogP contribution >= 0.6 is 0 Å². The molecule has 4 aliphatic rings. The smallest absolute Gasteiger partial charge is 0.319 e. The molecule has 4 aliphatic heterocycles. The minimum atomic E-state index is -0.936. The van der Waals surface area contributed by atoms with Crippen LogP contribution in [0, 0.1) is 30.9 Å². The summed E-state index contributed by atoms with van der Waals surface area (Å²) in [6.45, 7) is 5.92. The molecule has 4 saturated heterocycles. The van der Waals surface area contributed by atoms with Gasteiger partial charge < -0.3 is 23.9 Å². The molecule has 52 heavy (non-hydrogen) atoms. The summed E-state index contributed by atoms with van der Waals surface area (Å²) in [7, 11) is 1.71. The van der Waals surface area contributed by atoms with E-state index in [1.807, 2.05) is 6.07 Å². The highest BCUT2D eigenvalue weighted by Gasteiger charge is 2.49. The Morgan fingerprint density at radius 1 is 1.10 bits per heavy atom. The average Bonchev–Trinajstić information content (AvgIpc) is 3.84. The number of phenolic OH excluding ortho intramolecular Hbond substituents is 1. The maximum atomic E-state index is 17.7. The van der Waals surface area contributed by atoms with Crippen molar-refractivity contribution in [1.82, 2.24) is 19.8 Å². The standard InChI is InChI=1S/C40H40F3N5O4/c1-4-28-31(42)9-6-23-15-27(49)16-29(32(23)28)33-35(43)36-34(30-14-22(2)52-37(30)33)38(46-19-25-7-8-26(20-46)48(25)12-13-50-3)45-39(44-36)51-21-40-10-5-11-47(40)18-24(41)17-40/h1,6,9,14-16,24-26,49H,5,7-8,10-13,17-21H2,2-3H3/t24-,25?,26?,40?/m1/s1. The van der Waals surface area contributed by atoms with Gasteiger partial charge in [-0.2, -0.15) is 9.97 Å². The Bertz CT molecular complexity index is 2280. The number of ether oxygens (including phenoxy) is 2. The highest BCUT2D eigenvalue weighted by atomic mass is 19.1. The quantitative estimate of drug-likeness (QED) is 0.176. The van der Waals surface area contributed by atoms with Crippen molar-refractivity contribution in [1.29, 1.82) is 0 Å². The van der Waals surface area contributed by atoms with Crippen LogP contribution in [0.4, 0.5) is 19.0 Å². The number of anilines is 1. The summed E-state index contributed by atoms with van der Waals surface area (Å²) in [5.41, 5.74) is -0.134. The van der Waals surface area contributed by atoms with Crippen LogP contribution in [-0.2, 0) is 4.74 Å². The van der Waals surface area contributed by atoms with Gasteiger partial charge in [0.15, 0.2) is 5.82 Å². The number of hydrogen-bond donors (Lipinski definition) is 1. The largest absolute Gasteiger partial charge is 0.508 e. The molecule has 270 valence electrons. The van der Waals surface area contributed by atoms with Gasteiger partial charge in [-0.15, -0.1) is 6.42 Å². The summed E-state index contributed by atoms with van der Waals surface area (Å²) in [5, 5.41) is 12.6. The number of hydrogen-bond acceptors (Lipinski definition) is 9. The van der Waals surface area contributed by atoms with Gasteiger partial charge in [0.1, 0.15) is 47.0 Å². The van der Waals surface area contributed by atoms with E-state index in [1.165, 1.54) is 24.3 Å². The lowest BCUT2D eigenvalue weighted by atomic mass is 9.91. The van der Waals surface area contributed by atoms with Crippen LogP contribution in [-0.4, -0.2) is 102 Å². The van der Waals surface area contributed by atoms with Crippen LogP contribution in [0.2, 0.25) is 0 Å². The number of fused-ring (bicyclic) bond motifs is 7. The number of aryl methyl sites for hydroxylation is 1. The van der Waals surface area contributed by atoms with Crippen LogP contribution < -0.4 is 9.64 Å². The number of aromatic nitrogens is 2. The molecule has 0 spiro atoms. The first-order valence-corrected chi connectivity index (χ1v) is 18.0. The Kier molecular flexibility index (Phi) is 8.02. The third kappa shape index (κ3) is 5.19. The predicted molar refractivity (Wildman–Crippen MR) is 193 cm³/mol. The summed E-state index contributed by atoms with van der Waals surface area (Å²) >= 11 is 0. The SMILES string of the molecule is C#Cc1c(F)ccc2cc(O)cc(-c3c(F)c4nc(OCC56CCCN5C[C@H](F)C6)nc(N5CC6CCC(C5)N6CCOC)c4c4cc(C)oc34)c12. The molecule has 1 N–H and O–H groups in total. The van der Waals surface area contributed by atoms with Gasteiger partial charge in [-0.3, -0.25) is 9.80 Å². The summed E-state index contributed by atoms with van der Waals surface area (Å²) in [6, 6.07) is 7.93. The molecule has 2 aromatic heterocycles. The highest BCUT2D eigenvalue weighted by Crippen LogP contribution is 2.47. The zero-order valence-corrected chi connectivity index (χ0v) is 29.2. The maximum absolute atomic E-state index is 17.7. The van der Waals surface area contributed by atoms with Crippen LogP contribution in [0.25, 0.3) is 43.8 Å². The first-order valence-electron chi connectivity index (χ1n) is 18.0. The molecule has 0 amide bonds. The molecule has 4 fully saturated rings. The number of benzene rings is 3. The fraction of sp³-hybridized carbons (Fsp3) is 0.450. The van der Waals surface area contributed by atoms with E-state index in [9.17, 15) is 9.50 Å². The van der Waals surface area contributed by atoms with Crippen LogP contribution in [0.15, 0.2) is 34.7 Å². The lowest BCUT2D eigenvalue weighted by Gasteiger charge is -2.41. The first-order chi connectivity index (χ1) is 25.2.